The number of pyridine rings is 1. The summed E-state index contributed by atoms with van der Waals surface area (Å²) in [6.07, 6.45) is 6.00. The number of nitrogens with zero attached hydrogens (tertiary/aromatic N) is 2. The van der Waals surface area contributed by atoms with Crippen LogP contribution in [0.5, 0.6) is 0 Å². The lowest BCUT2D eigenvalue weighted by atomic mass is 9.76. The second-order valence-electron chi connectivity index (χ2n) is 5.43. The molecule has 0 unspecified atom stereocenters. The maximum absolute atomic E-state index is 12.5. The van der Waals surface area contributed by atoms with Crippen molar-refractivity contribution in [1.29, 1.82) is 0 Å². The van der Waals surface area contributed by atoms with E-state index in [2.05, 4.69) is 11.1 Å². The van der Waals surface area contributed by atoms with Crippen molar-refractivity contribution in [3.63, 3.8) is 0 Å². The Labute approximate surface area is 112 Å². The number of carbonyl (C=O) groups excluding carboxylic acids is 2. The van der Waals surface area contributed by atoms with Crippen LogP contribution in [0.1, 0.15) is 20.3 Å². The molecular weight excluding hydrogens is 240 g/mol. The zero-order chi connectivity index (χ0) is 13.6. The van der Waals surface area contributed by atoms with Crippen LogP contribution in [-0.2, 0) is 9.59 Å². The Morgan fingerprint density at radius 1 is 1.32 bits per heavy atom. The van der Waals surface area contributed by atoms with Gasteiger partial charge in [-0.05, 0) is 31.4 Å². The van der Waals surface area contributed by atoms with E-state index in [0.717, 1.165) is 0 Å². The lowest BCUT2D eigenvalue weighted by Gasteiger charge is -2.25. The third-order valence-electron chi connectivity index (χ3n) is 4.04. The van der Waals surface area contributed by atoms with Crippen molar-refractivity contribution in [2.45, 2.75) is 20.3 Å². The van der Waals surface area contributed by atoms with Crippen LogP contribution in [0.3, 0.4) is 0 Å². The summed E-state index contributed by atoms with van der Waals surface area (Å²) >= 11 is 0. The fraction of sp³-hybridized carbons (Fsp3) is 0.400. The normalized spacial score (nSPS) is 30.3. The molecule has 2 heterocycles. The molecular formula is C15H16N2O2. The Hall–Kier alpha value is -1.97. The molecule has 4 heteroatoms. The van der Waals surface area contributed by atoms with E-state index in [0.29, 0.717) is 12.1 Å². The molecule has 1 aromatic heterocycles. The summed E-state index contributed by atoms with van der Waals surface area (Å²) in [6.45, 7) is 4.04. The second kappa shape index (κ2) is 4.30. The van der Waals surface area contributed by atoms with Gasteiger partial charge in [0.2, 0.25) is 11.8 Å². The molecule has 2 aliphatic rings. The van der Waals surface area contributed by atoms with Gasteiger partial charge in [-0.15, -0.1) is 0 Å². The average molecular weight is 256 g/mol. The predicted molar refractivity (Wildman–Crippen MR) is 71.2 cm³/mol. The van der Waals surface area contributed by atoms with E-state index >= 15 is 0 Å². The molecule has 0 saturated carbocycles. The van der Waals surface area contributed by atoms with E-state index < -0.39 is 0 Å². The largest absolute Gasteiger partial charge is 0.274 e. The van der Waals surface area contributed by atoms with Crippen molar-refractivity contribution < 1.29 is 9.59 Å². The zero-order valence-corrected chi connectivity index (χ0v) is 11.0. The van der Waals surface area contributed by atoms with Crippen molar-refractivity contribution in [1.82, 2.24) is 4.98 Å². The van der Waals surface area contributed by atoms with E-state index in [-0.39, 0.29) is 29.6 Å². The molecule has 3 rings (SSSR count). The summed E-state index contributed by atoms with van der Waals surface area (Å²) < 4.78 is 0. The Morgan fingerprint density at radius 2 is 2.11 bits per heavy atom. The first kappa shape index (κ1) is 12.1. The molecule has 0 radical (unpaired) electrons. The van der Waals surface area contributed by atoms with Crippen molar-refractivity contribution in [3.8, 4) is 0 Å². The van der Waals surface area contributed by atoms with Crippen LogP contribution in [0.15, 0.2) is 36.2 Å². The molecule has 1 fully saturated rings. The fourth-order valence-electron chi connectivity index (χ4n) is 3.26. The first-order valence-corrected chi connectivity index (χ1v) is 6.54. The van der Waals surface area contributed by atoms with E-state index in [1.807, 2.05) is 13.8 Å². The summed E-state index contributed by atoms with van der Waals surface area (Å²) in [5, 5.41) is 0. The van der Waals surface area contributed by atoms with Gasteiger partial charge in [-0.3, -0.25) is 14.6 Å². The van der Waals surface area contributed by atoms with Gasteiger partial charge in [0, 0.05) is 6.20 Å². The highest BCUT2D eigenvalue weighted by Gasteiger charge is 2.51. The first-order chi connectivity index (χ1) is 9.09. The summed E-state index contributed by atoms with van der Waals surface area (Å²) in [6, 6.07) is 3.50. The third-order valence-corrected chi connectivity index (χ3v) is 4.04. The minimum Gasteiger partial charge on any atom is -0.274 e. The summed E-state index contributed by atoms with van der Waals surface area (Å²) in [7, 11) is 0. The number of fused-ring (bicyclic) bond motifs is 1. The predicted octanol–water partition coefficient (Wildman–Crippen LogP) is 2.17. The van der Waals surface area contributed by atoms with E-state index in [9.17, 15) is 9.59 Å². The van der Waals surface area contributed by atoms with E-state index in [1.165, 1.54) is 10.5 Å². The molecule has 1 aliphatic carbocycles. The number of rotatable bonds is 1. The lowest BCUT2D eigenvalue weighted by Crippen LogP contribution is -2.31. The van der Waals surface area contributed by atoms with Crippen LogP contribution in [0, 0.1) is 17.8 Å². The molecule has 98 valence electrons. The summed E-state index contributed by atoms with van der Waals surface area (Å²) in [4.78, 5) is 30.3. The molecule has 0 N–H and O–H groups in total. The number of allylic oxidation sites excluding steroid dienone is 2. The quantitative estimate of drug-likeness (QED) is 0.571. The van der Waals surface area contributed by atoms with Gasteiger partial charge in [-0.2, -0.15) is 0 Å². The van der Waals surface area contributed by atoms with Crippen molar-refractivity contribution in [3.05, 3.63) is 36.2 Å². The Balaban J connectivity index is 2.00. The van der Waals surface area contributed by atoms with Gasteiger partial charge >= 0.3 is 0 Å². The standard InChI is InChI=1S/C15H16N2O2/c1-9-6-10(2)13-12(7-9)14(18)17(15(13)19)11-4-3-5-16-8-11/h3-6,8,10,12-13H,7H2,1-2H3/t10-,12-,13-/m1/s1. The van der Waals surface area contributed by atoms with Crippen LogP contribution >= 0.6 is 0 Å². The number of hydrogen-bond acceptors (Lipinski definition) is 3. The van der Waals surface area contributed by atoms with Crippen molar-refractivity contribution in [2.75, 3.05) is 4.90 Å². The highest BCUT2D eigenvalue weighted by Crippen LogP contribution is 2.42. The summed E-state index contributed by atoms with van der Waals surface area (Å²) in [5.74, 6) is -0.456. The van der Waals surface area contributed by atoms with Gasteiger partial charge < -0.3 is 0 Å². The van der Waals surface area contributed by atoms with Gasteiger partial charge in [-0.1, -0.05) is 18.6 Å². The SMILES string of the molecule is CC1=C[C@@H](C)[C@H]2C(=O)N(c3cccnc3)C(=O)[C@@H]2C1. The van der Waals surface area contributed by atoms with E-state index in [4.69, 9.17) is 0 Å². The molecule has 0 aromatic carbocycles. The highest BCUT2D eigenvalue weighted by molar-refractivity contribution is 6.22. The molecule has 2 amide bonds. The second-order valence-corrected chi connectivity index (χ2v) is 5.43. The van der Waals surface area contributed by atoms with Gasteiger partial charge in [0.1, 0.15) is 0 Å². The number of imide groups is 1. The minimum atomic E-state index is -0.212. The van der Waals surface area contributed by atoms with Crippen LogP contribution in [0.2, 0.25) is 0 Å². The Morgan fingerprint density at radius 3 is 2.79 bits per heavy atom. The van der Waals surface area contributed by atoms with Crippen LogP contribution in [0.25, 0.3) is 0 Å². The van der Waals surface area contributed by atoms with Crippen LogP contribution in [-0.4, -0.2) is 16.8 Å². The zero-order valence-electron chi connectivity index (χ0n) is 11.0. The van der Waals surface area contributed by atoms with Crippen molar-refractivity contribution in [2.24, 2.45) is 17.8 Å². The Kier molecular flexibility index (Phi) is 2.73. The minimum absolute atomic E-state index is 0.0812. The van der Waals surface area contributed by atoms with Crippen LogP contribution < -0.4 is 4.90 Å². The number of aromatic nitrogens is 1. The topological polar surface area (TPSA) is 50.3 Å². The van der Waals surface area contributed by atoms with E-state index in [1.54, 1.807) is 24.5 Å². The smallest absolute Gasteiger partial charge is 0.238 e. The molecule has 19 heavy (non-hydrogen) atoms. The molecule has 1 saturated heterocycles. The number of amides is 2. The lowest BCUT2D eigenvalue weighted by molar-refractivity contribution is -0.122. The monoisotopic (exact) mass is 256 g/mol. The maximum atomic E-state index is 12.5. The summed E-state index contributed by atoms with van der Waals surface area (Å²) in [5.41, 5.74) is 1.78. The first-order valence-electron chi connectivity index (χ1n) is 6.54. The van der Waals surface area contributed by atoms with Crippen molar-refractivity contribution >= 4 is 17.5 Å². The third kappa shape index (κ3) is 1.79. The van der Waals surface area contributed by atoms with Gasteiger partial charge in [0.15, 0.2) is 0 Å². The Bertz CT molecular complexity index is 565. The molecule has 0 spiro atoms. The average Bonchev–Trinajstić information content (AvgIpc) is 2.62. The molecule has 1 aromatic rings. The fourth-order valence-corrected chi connectivity index (χ4v) is 3.26. The van der Waals surface area contributed by atoms with Gasteiger partial charge in [0.25, 0.3) is 0 Å². The number of anilines is 1. The van der Waals surface area contributed by atoms with Gasteiger partial charge in [0.05, 0.1) is 23.7 Å². The molecule has 3 atom stereocenters. The number of carbonyl (C=O) groups is 2. The highest BCUT2D eigenvalue weighted by atomic mass is 16.2. The van der Waals surface area contributed by atoms with Gasteiger partial charge in [-0.25, -0.2) is 4.90 Å². The molecule has 0 bridgehead atoms. The molecule has 4 nitrogen and oxygen atoms in total. The van der Waals surface area contributed by atoms with Crippen LogP contribution in [0.4, 0.5) is 5.69 Å². The molecule has 1 aliphatic heterocycles. The number of hydrogen-bond donors (Lipinski definition) is 0. The maximum Gasteiger partial charge on any atom is 0.238 e.